The van der Waals surface area contributed by atoms with Crippen molar-refractivity contribution in [2.24, 2.45) is 5.73 Å². The second kappa shape index (κ2) is 6.88. The van der Waals surface area contributed by atoms with Gasteiger partial charge in [0.1, 0.15) is 18.4 Å². The van der Waals surface area contributed by atoms with Crippen molar-refractivity contribution in [1.82, 2.24) is 5.32 Å². The molecular weight excluding hydrogens is 220 g/mol. The van der Waals surface area contributed by atoms with Gasteiger partial charge in [-0.25, -0.2) is 0 Å². The average molecular weight is 238 g/mol. The van der Waals surface area contributed by atoms with E-state index in [4.69, 9.17) is 15.6 Å². The maximum atomic E-state index is 10.4. The summed E-state index contributed by atoms with van der Waals surface area (Å²) in [6.07, 6.45) is 0. The zero-order chi connectivity index (χ0) is 12.7. The molecule has 0 aliphatic heterocycles. The van der Waals surface area contributed by atoms with Crippen molar-refractivity contribution in [1.29, 1.82) is 0 Å². The maximum Gasteiger partial charge on any atom is 0.321 e. The van der Waals surface area contributed by atoms with Gasteiger partial charge in [0.15, 0.2) is 0 Å². The predicted molar refractivity (Wildman–Crippen MR) is 65.2 cm³/mol. The number of benzene rings is 1. The third-order valence-electron chi connectivity index (χ3n) is 2.22. The fraction of sp³-hybridized carbons (Fsp3) is 0.417. The van der Waals surface area contributed by atoms with Crippen LogP contribution in [0.25, 0.3) is 0 Å². The zero-order valence-electron chi connectivity index (χ0n) is 9.85. The van der Waals surface area contributed by atoms with Gasteiger partial charge >= 0.3 is 5.97 Å². The summed E-state index contributed by atoms with van der Waals surface area (Å²) >= 11 is 0. The summed E-state index contributed by atoms with van der Waals surface area (Å²) in [5.74, 6) is -0.188. The number of nitrogens with two attached hydrogens (primary N) is 1. The van der Waals surface area contributed by atoms with Crippen LogP contribution in [0.3, 0.4) is 0 Å². The maximum absolute atomic E-state index is 10.4. The Morgan fingerprint density at radius 2 is 2.35 bits per heavy atom. The number of carboxylic acid groups (broad SMARTS) is 1. The number of hydrogen-bond donors (Lipinski definition) is 3. The summed E-state index contributed by atoms with van der Waals surface area (Å²) in [5, 5.41) is 11.5. The molecule has 0 radical (unpaired) electrons. The summed E-state index contributed by atoms with van der Waals surface area (Å²) in [5.41, 5.74) is 6.47. The van der Waals surface area contributed by atoms with Crippen LogP contribution in [0.1, 0.15) is 5.56 Å². The Bertz CT molecular complexity index is 369. The Labute approximate surface area is 101 Å². The van der Waals surface area contributed by atoms with Gasteiger partial charge in [-0.15, -0.1) is 0 Å². The highest BCUT2D eigenvalue weighted by Gasteiger charge is 2.09. The third-order valence-corrected chi connectivity index (χ3v) is 2.22. The Balaban J connectivity index is 2.14. The van der Waals surface area contributed by atoms with Crippen molar-refractivity contribution >= 4 is 5.97 Å². The first kappa shape index (κ1) is 13.5. The van der Waals surface area contributed by atoms with Gasteiger partial charge < -0.3 is 20.9 Å². The summed E-state index contributed by atoms with van der Waals surface area (Å²) in [4.78, 5) is 10.4. The van der Waals surface area contributed by atoms with Crippen molar-refractivity contribution in [2.45, 2.75) is 13.0 Å². The van der Waals surface area contributed by atoms with Gasteiger partial charge in [0.05, 0.1) is 0 Å². The van der Waals surface area contributed by atoms with Crippen molar-refractivity contribution in [3.05, 3.63) is 29.8 Å². The van der Waals surface area contributed by atoms with Crippen LogP contribution in [-0.4, -0.2) is 36.8 Å². The zero-order valence-corrected chi connectivity index (χ0v) is 9.85. The molecule has 0 fully saturated rings. The molecule has 0 saturated heterocycles. The number of carbonyl (C=O) groups is 1. The molecule has 94 valence electrons. The molecule has 0 saturated carbocycles. The first-order chi connectivity index (χ1) is 8.09. The van der Waals surface area contributed by atoms with E-state index in [1.807, 2.05) is 31.2 Å². The van der Waals surface area contributed by atoms with Crippen molar-refractivity contribution in [2.75, 3.05) is 19.7 Å². The Kier molecular flexibility index (Phi) is 5.45. The normalized spacial score (nSPS) is 12.1. The van der Waals surface area contributed by atoms with Gasteiger partial charge in [-0.2, -0.15) is 0 Å². The lowest BCUT2D eigenvalue weighted by atomic mass is 10.2. The molecule has 0 heterocycles. The number of rotatable bonds is 7. The van der Waals surface area contributed by atoms with E-state index in [2.05, 4.69) is 5.32 Å². The van der Waals surface area contributed by atoms with Gasteiger partial charge in [-0.1, -0.05) is 12.1 Å². The number of carboxylic acids is 1. The van der Waals surface area contributed by atoms with E-state index in [9.17, 15) is 4.79 Å². The Morgan fingerprint density at radius 1 is 1.59 bits per heavy atom. The van der Waals surface area contributed by atoms with E-state index >= 15 is 0 Å². The van der Waals surface area contributed by atoms with Gasteiger partial charge in [-0.05, 0) is 24.6 Å². The second-order valence-corrected chi connectivity index (χ2v) is 3.81. The van der Waals surface area contributed by atoms with Crippen molar-refractivity contribution in [3.8, 4) is 5.75 Å². The van der Waals surface area contributed by atoms with Crippen molar-refractivity contribution in [3.63, 3.8) is 0 Å². The molecule has 0 aliphatic carbocycles. The summed E-state index contributed by atoms with van der Waals surface area (Å²) in [6, 6.07) is 6.89. The van der Waals surface area contributed by atoms with Crippen LogP contribution < -0.4 is 15.8 Å². The first-order valence-electron chi connectivity index (χ1n) is 5.48. The third kappa shape index (κ3) is 5.33. The van der Waals surface area contributed by atoms with E-state index in [-0.39, 0.29) is 6.54 Å². The van der Waals surface area contributed by atoms with Gasteiger partial charge in [-0.3, -0.25) is 4.79 Å². The quantitative estimate of drug-likeness (QED) is 0.598. The standard InChI is InChI=1S/C12H18N2O3/c1-9-3-2-4-10(7-9)17-6-5-14-8-11(13)12(15)16/h2-4,7,11,14H,5-6,8,13H2,1H3,(H,15,16). The van der Waals surface area contributed by atoms with Crippen molar-refractivity contribution < 1.29 is 14.6 Å². The molecule has 5 nitrogen and oxygen atoms in total. The lowest BCUT2D eigenvalue weighted by molar-refractivity contribution is -0.138. The molecular formula is C12H18N2O3. The molecule has 5 heteroatoms. The molecule has 1 aromatic carbocycles. The van der Waals surface area contributed by atoms with E-state index < -0.39 is 12.0 Å². The van der Waals surface area contributed by atoms with Crippen LogP contribution >= 0.6 is 0 Å². The predicted octanol–water partition coefficient (Wildman–Crippen LogP) is 0.375. The highest BCUT2D eigenvalue weighted by Crippen LogP contribution is 2.11. The van der Waals surface area contributed by atoms with Crippen LogP contribution in [0, 0.1) is 6.92 Å². The molecule has 0 bridgehead atoms. The molecule has 1 rings (SSSR count). The molecule has 1 aromatic rings. The molecule has 17 heavy (non-hydrogen) atoms. The summed E-state index contributed by atoms with van der Waals surface area (Å²) in [7, 11) is 0. The molecule has 0 aromatic heterocycles. The highest BCUT2D eigenvalue weighted by atomic mass is 16.5. The lowest BCUT2D eigenvalue weighted by Gasteiger charge is -2.09. The Morgan fingerprint density at radius 3 is 3.00 bits per heavy atom. The number of hydrogen-bond acceptors (Lipinski definition) is 4. The SMILES string of the molecule is Cc1cccc(OCCNCC(N)C(=O)O)c1. The highest BCUT2D eigenvalue weighted by molar-refractivity contribution is 5.73. The molecule has 1 unspecified atom stereocenters. The smallest absolute Gasteiger partial charge is 0.321 e. The van der Waals surface area contributed by atoms with Gasteiger partial charge in [0.25, 0.3) is 0 Å². The first-order valence-corrected chi connectivity index (χ1v) is 5.48. The van der Waals surface area contributed by atoms with E-state index in [0.29, 0.717) is 13.2 Å². The fourth-order valence-electron chi connectivity index (χ4n) is 1.29. The van der Waals surface area contributed by atoms with Crippen LogP contribution in [-0.2, 0) is 4.79 Å². The molecule has 0 spiro atoms. The fourth-order valence-corrected chi connectivity index (χ4v) is 1.29. The monoisotopic (exact) mass is 238 g/mol. The second-order valence-electron chi connectivity index (χ2n) is 3.81. The van der Waals surface area contributed by atoms with E-state index in [1.54, 1.807) is 0 Å². The van der Waals surface area contributed by atoms with Crippen LogP contribution in [0.5, 0.6) is 5.75 Å². The lowest BCUT2D eigenvalue weighted by Crippen LogP contribution is -2.41. The summed E-state index contributed by atoms with van der Waals surface area (Å²) < 4.78 is 5.48. The molecule has 4 N–H and O–H groups in total. The number of aryl methyl sites for hydroxylation is 1. The summed E-state index contributed by atoms with van der Waals surface area (Å²) in [6.45, 7) is 3.29. The van der Waals surface area contributed by atoms with Gasteiger partial charge in [0, 0.05) is 13.1 Å². The van der Waals surface area contributed by atoms with Crippen LogP contribution in [0.4, 0.5) is 0 Å². The number of nitrogens with one attached hydrogen (secondary N) is 1. The minimum absolute atomic E-state index is 0.243. The van der Waals surface area contributed by atoms with Crippen LogP contribution in [0.2, 0.25) is 0 Å². The van der Waals surface area contributed by atoms with E-state index in [1.165, 1.54) is 0 Å². The van der Waals surface area contributed by atoms with Crippen LogP contribution in [0.15, 0.2) is 24.3 Å². The Hall–Kier alpha value is -1.59. The number of ether oxygens (including phenoxy) is 1. The molecule has 0 aliphatic rings. The molecule has 1 atom stereocenters. The minimum atomic E-state index is -1.00. The minimum Gasteiger partial charge on any atom is -0.492 e. The average Bonchev–Trinajstić information content (AvgIpc) is 2.28. The topological polar surface area (TPSA) is 84.6 Å². The molecule has 0 amide bonds. The number of aliphatic carboxylic acids is 1. The van der Waals surface area contributed by atoms with Gasteiger partial charge in [0.2, 0.25) is 0 Å². The largest absolute Gasteiger partial charge is 0.492 e. The van der Waals surface area contributed by atoms with E-state index in [0.717, 1.165) is 11.3 Å².